The molecule has 1 aliphatic rings. The Morgan fingerprint density at radius 3 is 2.75 bits per heavy atom. The molecule has 2 rings (SSSR count). The lowest BCUT2D eigenvalue weighted by Crippen LogP contribution is -2.35. The first-order chi connectivity index (χ1) is 7.92. The Bertz CT molecular complexity index is 293. The number of pyridine rings is 1. The Balaban J connectivity index is 2.07. The quantitative estimate of drug-likeness (QED) is 0.825. The first-order valence-electron chi connectivity index (χ1n) is 6.29. The summed E-state index contributed by atoms with van der Waals surface area (Å²) in [6, 6.07) is 6.82. The van der Waals surface area contributed by atoms with Gasteiger partial charge in [-0.15, -0.1) is 0 Å². The van der Waals surface area contributed by atoms with Gasteiger partial charge in [-0.1, -0.05) is 18.9 Å². The van der Waals surface area contributed by atoms with Gasteiger partial charge in [0.05, 0.1) is 0 Å². The Morgan fingerprint density at radius 1 is 1.31 bits per heavy atom. The molecule has 0 aromatic carbocycles. The summed E-state index contributed by atoms with van der Waals surface area (Å²) in [7, 11) is 0. The first kappa shape index (κ1) is 11.4. The Morgan fingerprint density at radius 2 is 2.12 bits per heavy atom. The highest BCUT2D eigenvalue weighted by molar-refractivity contribution is 5.39. The summed E-state index contributed by atoms with van der Waals surface area (Å²) >= 11 is 0. The molecular formula is C13H21N3. The van der Waals surface area contributed by atoms with Crippen molar-refractivity contribution in [3.8, 4) is 0 Å². The predicted octanol–water partition coefficient (Wildman–Crippen LogP) is 2.18. The highest BCUT2D eigenvalue weighted by Crippen LogP contribution is 2.26. The van der Waals surface area contributed by atoms with Gasteiger partial charge in [0, 0.05) is 18.8 Å². The van der Waals surface area contributed by atoms with E-state index in [4.69, 9.17) is 5.73 Å². The van der Waals surface area contributed by atoms with Crippen LogP contribution >= 0.6 is 0 Å². The van der Waals surface area contributed by atoms with Crippen molar-refractivity contribution in [2.75, 3.05) is 18.0 Å². The lowest BCUT2D eigenvalue weighted by molar-refractivity contribution is 0.587. The van der Waals surface area contributed by atoms with Crippen LogP contribution in [0, 0.1) is 0 Å². The molecule has 1 heterocycles. The maximum Gasteiger partial charge on any atom is 0.128 e. The smallest absolute Gasteiger partial charge is 0.128 e. The predicted molar refractivity (Wildman–Crippen MR) is 67.5 cm³/mol. The lowest BCUT2D eigenvalue weighted by atomic mass is 10.2. The fourth-order valence-electron chi connectivity index (χ4n) is 2.49. The van der Waals surface area contributed by atoms with Gasteiger partial charge in [-0.05, 0) is 37.9 Å². The molecule has 88 valence electrons. The number of anilines is 1. The third-order valence-electron chi connectivity index (χ3n) is 3.31. The lowest BCUT2D eigenvalue weighted by Gasteiger charge is -2.30. The van der Waals surface area contributed by atoms with E-state index in [9.17, 15) is 0 Å². The highest BCUT2D eigenvalue weighted by atomic mass is 15.2. The van der Waals surface area contributed by atoms with E-state index in [0.717, 1.165) is 25.3 Å². The summed E-state index contributed by atoms with van der Waals surface area (Å²) in [5, 5.41) is 0. The Labute approximate surface area is 97.7 Å². The molecule has 0 unspecified atom stereocenters. The van der Waals surface area contributed by atoms with Gasteiger partial charge in [-0.25, -0.2) is 4.98 Å². The minimum absolute atomic E-state index is 0.682. The third kappa shape index (κ3) is 2.73. The SMILES string of the molecule is NCCCN(c1ccccn1)C1CCCC1. The molecule has 0 amide bonds. The molecule has 0 saturated heterocycles. The van der Waals surface area contributed by atoms with Crippen LogP contribution in [0.4, 0.5) is 5.82 Å². The zero-order valence-corrected chi connectivity index (χ0v) is 9.81. The van der Waals surface area contributed by atoms with Crippen molar-refractivity contribution in [3.05, 3.63) is 24.4 Å². The maximum atomic E-state index is 5.61. The number of aromatic nitrogens is 1. The van der Waals surface area contributed by atoms with E-state index in [2.05, 4.69) is 22.0 Å². The molecule has 0 radical (unpaired) electrons. The normalized spacial score (nSPS) is 16.6. The van der Waals surface area contributed by atoms with Crippen LogP contribution in [0.3, 0.4) is 0 Å². The molecule has 3 nitrogen and oxygen atoms in total. The van der Waals surface area contributed by atoms with Crippen LogP contribution in [0.5, 0.6) is 0 Å². The van der Waals surface area contributed by atoms with E-state index in [0.29, 0.717) is 6.04 Å². The number of nitrogens with two attached hydrogens (primary N) is 1. The molecule has 3 heteroatoms. The summed E-state index contributed by atoms with van der Waals surface area (Å²) in [5.74, 6) is 1.11. The molecular weight excluding hydrogens is 198 g/mol. The van der Waals surface area contributed by atoms with Crippen LogP contribution in [-0.4, -0.2) is 24.1 Å². The topological polar surface area (TPSA) is 42.1 Å². The van der Waals surface area contributed by atoms with Gasteiger partial charge in [0.2, 0.25) is 0 Å². The van der Waals surface area contributed by atoms with Crippen LogP contribution in [-0.2, 0) is 0 Å². The summed E-state index contributed by atoms with van der Waals surface area (Å²) in [6.07, 6.45) is 8.25. The zero-order chi connectivity index (χ0) is 11.2. The van der Waals surface area contributed by atoms with Gasteiger partial charge in [-0.3, -0.25) is 0 Å². The van der Waals surface area contributed by atoms with E-state index in [1.807, 2.05) is 12.3 Å². The van der Waals surface area contributed by atoms with Crippen molar-refractivity contribution >= 4 is 5.82 Å². The van der Waals surface area contributed by atoms with Crippen molar-refractivity contribution < 1.29 is 0 Å². The second kappa shape index (κ2) is 5.85. The minimum atomic E-state index is 0.682. The second-order valence-electron chi connectivity index (χ2n) is 4.46. The van der Waals surface area contributed by atoms with E-state index < -0.39 is 0 Å². The average Bonchev–Trinajstić information content (AvgIpc) is 2.85. The molecule has 2 N–H and O–H groups in total. The van der Waals surface area contributed by atoms with Gasteiger partial charge in [0.25, 0.3) is 0 Å². The molecule has 0 atom stereocenters. The monoisotopic (exact) mass is 219 g/mol. The summed E-state index contributed by atoms with van der Waals surface area (Å²) in [6.45, 7) is 1.80. The molecule has 1 fully saturated rings. The Hall–Kier alpha value is -1.09. The zero-order valence-electron chi connectivity index (χ0n) is 9.81. The minimum Gasteiger partial charge on any atom is -0.354 e. The van der Waals surface area contributed by atoms with E-state index >= 15 is 0 Å². The van der Waals surface area contributed by atoms with Gasteiger partial charge in [0.1, 0.15) is 5.82 Å². The molecule has 1 aromatic heterocycles. The Kier molecular flexibility index (Phi) is 4.17. The van der Waals surface area contributed by atoms with Crippen molar-refractivity contribution in [2.24, 2.45) is 5.73 Å². The highest BCUT2D eigenvalue weighted by Gasteiger charge is 2.22. The van der Waals surface area contributed by atoms with Gasteiger partial charge in [-0.2, -0.15) is 0 Å². The van der Waals surface area contributed by atoms with E-state index in [1.54, 1.807) is 0 Å². The number of rotatable bonds is 5. The molecule has 16 heavy (non-hydrogen) atoms. The van der Waals surface area contributed by atoms with Crippen molar-refractivity contribution in [2.45, 2.75) is 38.1 Å². The molecule has 1 saturated carbocycles. The van der Waals surface area contributed by atoms with Crippen molar-refractivity contribution in [1.29, 1.82) is 0 Å². The van der Waals surface area contributed by atoms with Crippen LogP contribution in [0.1, 0.15) is 32.1 Å². The number of hydrogen-bond donors (Lipinski definition) is 1. The van der Waals surface area contributed by atoms with Crippen molar-refractivity contribution in [3.63, 3.8) is 0 Å². The first-order valence-corrected chi connectivity index (χ1v) is 6.29. The molecule has 0 spiro atoms. The largest absolute Gasteiger partial charge is 0.354 e. The van der Waals surface area contributed by atoms with Crippen LogP contribution in [0.25, 0.3) is 0 Å². The van der Waals surface area contributed by atoms with Crippen LogP contribution < -0.4 is 10.6 Å². The van der Waals surface area contributed by atoms with Crippen LogP contribution in [0.2, 0.25) is 0 Å². The standard InChI is InChI=1S/C13H21N3/c14-9-5-11-16(12-6-1-2-7-12)13-8-3-4-10-15-13/h3-4,8,10,12H,1-2,5-7,9,11,14H2. The van der Waals surface area contributed by atoms with Crippen LogP contribution in [0.15, 0.2) is 24.4 Å². The number of nitrogens with zero attached hydrogens (tertiary/aromatic N) is 2. The fourth-order valence-corrected chi connectivity index (χ4v) is 2.49. The van der Waals surface area contributed by atoms with E-state index in [1.165, 1.54) is 25.7 Å². The van der Waals surface area contributed by atoms with E-state index in [-0.39, 0.29) is 0 Å². The van der Waals surface area contributed by atoms with Gasteiger partial charge in [0.15, 0.2) is 0 Å². The van der Waals surface area contributed by atoms with Gasteiger partial charge < -0.3 is 10.6 Å². The van der Waals surface area contributed by atoms with Gasteiger partial charge >= 0.3 is 0 Å². The maximum absolute atomic E-state index is 5.61. The number of hydrogen-bond acceptors (Lipinski definition) is 3. The summed E-state index contributed by atoms with van der Waals surface area (Å²) in [4.78, 5) is 6.91. The summed E-state index contributed by atoms with van der Waals surface area (Å²) < 4.78 is 0. The molecule has 0 aliphatic heterocycles. The molecule has 1 aliphatic carbocycles. The average molecular weight is 219 g/mol. The molecule has 0 bridgehead atoms. The molecule has 1 aromatic rings. The summed E-state index contributed by atoms with van der Waals surface area (Å²) in [5.41, 5.74) is 5.61. The third-order valence-corrected chi connectivity index (χ3v) is 3.31. The fraction of sp³-hybridized carbons (Fsp3) is 0.615. The second-order valence-corrected chi connectivity index (χ2v) is 4.46. The van der Waals surface area contributed by atoms with Crippen molar-refractivity contribution in [1.82, 2.24) is 4.98 Å².